The molecule has 0 atom stereocenters. The van der Waals surface area contributed by atoms with Crippen LogP contribution in [0.3, 0.4) is 0 Å². The predicted molar refractivity (Wildman–Crippen MR) is 92.2 cm³/mol. The van der Waals surface area contributed by atoms with Gasteiger partial charge >= 0.3 is 0 Å². The fraction of sp³-hybridized carbons (Fsp3) is 0.529. The van der Waals surface area contributed by atoms with E-state index in [0.29, 0.717) is 22.7 Å². The van der Waals surface area contributed by atoms with Gasteiger partial charge in [-0.3, -0.25) is 0 Å². The van der Waals surface area contributed by atoms with Crippen LogP contribution < -0.4 is 0 Å². The maximum atomic E-state index is 13.4. The average Bonchev–Trinajstić information content (AvgIpc) is 3.23. The molecule has 1 aliphatic rings. The van der Waals surface area contributed by atoms with Crippen LogP contribution in [0.5, 0.6) is 0 Å². The first kappa shape index (κ1) is 17.8. The van der Waals surface area contributed by atoms with Gasteiger partial charge in [-0.2, -0.15) is 0 Å². The molecule has 1 aromatic rings. The number of aromatic nitrogens is 1. The lowest BCUT2D eigenvalue weighted by atomic mass is 10.2. The van der Waals surface area contributed by atoms with E-state index in [9.17, 15) is 8.78 Å². The SMILES string of the molecule is CC/C(C)=C(/N=C(/C=C(\C)N1CCCC1)c1nccs1)C(F)F. The molecule has 0 unspecified atom stereocenters. The van der Waals surface area contributed by atoms with E-state index in [1.807, 2.05) is 25.3 Å². The monoisotopic (exact) mass is 339 g/mol. The number of likely N-dealkylation sites (tertiary alicyclic amines) is 1. The molecule has 0 saturated carbocycles. The molecule has 6 heteroatoms. The molecule has 0 radical (unpaired) electrons. The predicted octanol–water partition coefficient (Wildman–Crippen LogP) is 4.88. The summed E-state index contributed by atoms with van der Waals surface area (Å²) >= 11 is 1.42. The number of hydrogen-bond acceptors (Lipinski definition) is 4. The van der Waals surface area contributed by atoms with E-state index in [1.165, 1.54) is 24.2 Å². The molecule has 0 bridgehead atoms. The molecular formula is C17H23F2N3S. The van der Waals surface area contributed by atoms with Gasteiger partial charge in [-0.15, -0.1) is 11.3 Å². The van der Waals surface area contributed by atoms with Gasteiger partial charge in [-0.25, -0.2) is 18.8 Å². The van der Waals surface area contributed by atoms with Gasteiger partial charge in [0.15, 0.2) is 0 Å². The first-order valence-electron chi connectivity index (χ1n) is 7.92. The molecule has 126 valence electrons. The van der Waals surface area contributed by atoms with Crippen molar-refractivity contribution in [2.24, 2.45) is 4.99 Å². The summed E-state index contributed by atoms with van der Waals surface area (Å²) in [6.07, 6.45) is 3.88. The average molecular weight is 339 g/mol. The first-order chi connectivity index (χ1) is 11.0. The molecule has 0 aromatic carbocycles. The van der Waals surface area contributed by atoms with Crippen molar-refractivity contribution in [2.45, 2.75) is 46.5 Å². The van der Waals surface area contributed by atoms with Crippen LogP contribution >= 0.6 is 11.3 Å². The van der Waals surface area contributed by atoms with E-state index in [1.54, 1.807) is 13.1 Å². The van der Waals surface area contributed by atoms with Crippen LogP contribution in [0.25, 0.3) is 0 Å². The Labute approximate surface area is 140 Å². The highest BCUT2D eigenvalue weighted by Gasteiger charge is 2.17. The molecule has 0 spiro atoms. The Hall–Kier alpha value is -1.56. The second-order valence-corrected chi connectivity index (χ2v) is 6.53. The van der Waals surface area contributed by atoms with Crippen molar-refractivity contribution in [3.05, 3.63) is 39.6 Å². The minimum Gasteiger partial charge on any atom is -0.375 e. The highest BCUT2D eigenvalue weighted by molar-refractivity contribution is 7.11. The lowest BCUT2D eigenvalue weighted by Gasteiger charge is -2.18. The molecule has 2 rings (SSSR count). The van der Waals surface area contributed by atoms with Gasteiger partial charge in [0.25, 0.3) is 6.43 Å². The Kier molecular flexibility index (Phi) is 6.45. The molecule has 1 aliphatic heterocycles. The van der Waals surface area contributed by atoms with Crippen molar-refractivity contribution in [3.8, 4) is 0 Å². The zero-order valence-electron chi connectivity index (χ0n) is 13.9. The van der Waals surface area contributed by atoms with E-state index in [2.05, 4.69) is 14.9 Å². The number of nitrogens with zero attached hydrogens (tertiary/aromatic N) is 3. The molecular weight excluding hydrogens is 316 g/mol. The largest absolute Gasteiger partial charge is 0.375 e. The van der Waals surface area contributed by atoms with Crippen molar-refractivity contribution in [1.82, 2.24) is 9.88 Å². The summed E-state index contributed by atoms with van der Waals surface area (Å²) in [7, 11) is 0. The summed E-state index contributed by atoms with van der Waals surface area (Å²) in [4.78, 5) is 10.8. The van der Waals surface area contributed by atoms with Gasteiger partial charge in [0, 0.05) is 30.4 Å². The molecule has 23 heavy (non-hydrogen) atoms. The van der Waals surface area contributed by atoms with E-state index in [-0.39, 0.29) is 5.70 Å². The summed E-state index contributed by atoms with van der Waals surface area (Å²) in [6.45, 7) is 7.61. The van der Waals surface area contributed by atoms with Gasteiger partial charge in [-0.05, 0) is 44.8 Å². The minimum atomic E-state index is -2.58. The maximum absolute atomic E-state index is 13.4. The Morgan fingerprint density at radius 2 is 2.09 bits per heavy atom. The van der Waals surface area contributed by atoms with Crippen LogP contribution in [-0.4, -0.2) is 35.1 Å². The lowest BCUT2D eigenvalue weighted by Crippen LogP contribution is -2.18. The Morgan fingerprint density at radius 1 is 1.39 bits per heavy atom. The van der Waals surface area contributed by atoms with Gasteiger partial charge in [-0.1, -0.05) is 6.92 Å². The summed E-state index contributed by atoms with van der Waals surface area (Å²) in [6, 6.07) is 0. The summed E-state index contributed by atoms with van der Waals surface area (Å²) in [5.41, 5.74) is 2.05. The quantitative estimate of drug-likeness (QED) is 0.691. The second kappa shape index (κ2) is 8.34. The smallest absolute Gasteiger partial charge is 0.280 e. The number of thiazole rings is 1. The van der Waals surface area contributed by atoms with Crippen LogP contribution in [0.2, 0.25) is 0 Å². The van der Waals surface area contributed by atoms with Gasteiger partial charge < -0.3 is 4.90 Å². The fourth-order valence-corrected chi connectivity index (χ4v) is 3.09. The number of rotatable bonds is 6. The van der Waals surface area contributed by atoms with Crippen LogP contribution in [0, 0.1) is 0 Å². The summed E-state index contributed by atoms with van der Waals surface area (Å²) < 4.78 is 26.7. The number of halogens is 2. The van der Waals surface area contributed by atoms with E-state index in [0.717, 1.165) is 18.8 Å². The van der Waals surface area contributed by atoms with Crippen molar-refractivity contribution in [2.75, 3.05) is 13.1 Å². The van der Waals surface area contributed by atoms with Crippen LogP contribution in [0.15, 0.2) is 39.6 Å². The van der Waals surface area contributed by atoms with Crippen molar-refractivity contribution in [1.29, 1.82) is 0 Å². The molecule has 0 aliphatic carbocycles. The lowest BCUT2D eigenvalue weighted by molar-refractivity contribution is 0.186. The Morgan fingerprint density at radius 3 is 2.61 bits per heavy atom. The summed E-state index contributed by atoms with van der Waals surface area (Å²) in [5, 5.41) is 2.51. The van der Waals surface area contributed by atoms with Crippen LogP contribution in [0.4, 0.5) is 8.78 Å². The second-order valence-electron chi connectivity index (χ2n) is 5.63. The zero-order chi connectivity index (χ0) is 16.8. The standard InChI is InChI=1S/C17H23F2N3S/c1-4-12(2)15(16(18)19)21-14(17-20-7-10-23-17)11-13(3)22-8-5-6-9-22/h7,10-11,16H,4-6,8-9H2,1-3H3/b13-11+,15-12+,21-14-. The van der Waals surface area contributed by atoms with E-state index < -0.39 is 6.43 Å². The first-order valence-corrected chi connectivity index (χ1v) is 8.80. The normalized spacial score (nSPS) is 17.9. The highest BCUT2D eigenvalue weighted by atomic mass is 32.1. The Balaban J connectivity index is 2.42. The maximum Gasteiger partial charge on any atom is 0.280 e. The van der Waals surface area contributed by atoms with Crippen molar-refractivity contribution >= 4 is 17.0 Å². The molecule has 1 fully saturated rings. The van der Waals surface area contributed by atoms with Crippen LogP contribution in [0.1, 0.15) is 45.0 Å². The number of alkyl halides is 2. The van der Waals surface area contributed by atoms with Crippen molar-refractivity contribution < 1.29 is 8.78 Å². The molecule has 3 nitrogen and oxygen atoms in total. The van der Waals surface area contributed by atoms with E-state index >= 15 is 0 Å². The number of aliphatic imine (C=N–C) groups is 1. The third-order valence-electron chi connectivity index (χ3n) is 4.02. The third kappa shape index (κ3) is 4.70. The van der Waals surface area contributed by atoms with Gasteiger partial charge in [0.05, 0.1) is 0 Å². The van der Waals surface area contributed by atoms with Crippen molar-refractivity contribution in [3.63, 3.8) is 0 Å². The fourth-order valence-electron chi connectivity index (χ4n) is 2.49. The zero-order valence-corrected chi connectivity index (χ0v) is 14.7. The highest BCUT2D eigenvalue weighted by Crippen LogP contribution is 2.21. The number of allylic oxidation sites excluding steroid dienone is 4. The molecule has 2 heterocycles. The number of hydrogen-bond donors (Lipinski definition) is 0. The Bertz CT molecular complexity index is 597. The molecule has 0 N–H and O–H groups in total. The van der Waals surface area contributed by atoms with E-state index in [4.69, 9.17) is 0 Å². The topological polar surface area (TPSA) is 28.5 Å². The third-order valence-corrected chi connectivity index (χ3v) is 4.81. The molecule has 1 aromatic heterocycles. The molecule has 1 saturated heterocycles. The molecule has 0 amide bonds. The van der Waals surface area contributed by atoms with Gasteiger partial charge in [0.1, 0.15) is 16.4 Å². The summed E-state index contributed by atoms with van der Waals surface area (Å²) in [5.74, 6) is 0. The van der Waals surface area contributed by atoms with Gasteiger partial charge in [0.2, 0.25) is 0 Å². The van der Waals surface area contributed by atoms with Crippen LogP contribution in [-0.2, 0) is 0 Å². The minimum absolute atomic E-state index is 0.136.